The molecule has 0 fully saturated rings. The van der Waals surface area contributed by atoms with E-state index in [1.54, 1.807) is 6.16 Å². The quantitative estimate of drug-likeness (QED) is 0.224. The number of hydrogen-bond acceptors (Lipinski definition) is 0. The van der Waals surface area contributed by atoms with Gasteiger partial charge in [-0.2, -0.15) is 0 Å². The van der Waals surface area contributed by atoms with Crippen LogP contribution in [-0.2, 0) is 0 Å². The van der Waals surface area contributed by atoms with Crippen molar-refractivity contribution < 1.29 is 0 Å². The monoisotopic (exact) mass is 330 g/mol. The van der Waals surface area contributed by atoms with Crippen molar-refractivity contribution in [2.45, 2.75) is 130 Å². The third-order valence-corrected chi connectivity index (χ3v) is 13.9. The second kappa shape index (κ2) is 12.8. The Bertz CT molecular complexity index is 221. The van der Waals surface area contributed by atoms with E-state index in [4.69, 9.17) is 0 Å². The molecule has 0 spiro atoms. The molecule has 0 saturated heterocycles. The normalized spacial score (nSPS) is 13.5. The van der Waals surface area contributed by atoms with Gasteiger partial charge < -0.3 is 0 Å². The van der Waals surface area contributed by atoms with E-state index in [1.165, 1.54) is 64.2 Å². The minimum atomic E-state index is -1.12. The molecule has 0 atom stereocenters. The molecule has 0 aliphatic rings. The van der Waals surface area contributed by atoms with Crippen LogP contribution in [0.1, 0.15) is 113 Å². The van der Waals surface area contributed by atoms with Gasteiger partial charge in [-0.1, -0.05) is 0 Å². The van der Waals surface area contributed by atoms with Gasteiger partial charge in [-0.25, -0.2) is 0 Å². The summed E-state index contributed by atoms with van der Waals surface area (Å²) in [5, 5.41) is 0. The first-order valence-corrected chi connectivity index (χ1v) is 12.8. The van der Waals surface area contributed by atoms with Crippen molar-refractivity contribution in [2.75, 3.05) is 6.16 Å². The molecule has 1 heteroatoms. The van der Waals surface area contributed by atoms with Crippen LogP contribution in [-0.4, -0.2) is 23.1 Å². The van der Waals surface area contributed by atoms with Crippen molar-refractivity contribution >= 4 is 7.26 Å². The van der Waals surface area contributed by atoms with Crippen LogP contribution in [0.25, 0.3) is 0 Å². The Morgan fingerprint density at radius 1 is 0.500 bits per heavy atom. The Morgan fingerprint density at radius 2 is 0.818 bits per heavy atom. The second-order valence-electron chi connectivity index (χ2n) is 8.51. The Labute approximate surface area is 143 Å². The molecule has 0 saturated carbocycles. The number of rotatable bonds is 14. The molecule has 0 radical (unpaired) electrons. The van der Waals surface area contributed by atoms with Gasteiger partial charge in [0, 0.05) is 0 Å². The molecule has 0 amide bonds. The Morgan fingerprint density at radius 3 is 1.14 bits per heavy atom. The van der Waals surface area contributed by atoms with Gasteiger partial charge >= 0.3 is 143 Å². The van der Waals surface area contributed by atoms with Crippen LogP contribution < -0.4 is 0 Å². The summed E-state index contributed by atoms with van der Waals surface area (Å²) >= 11 is 0. The molecule has 0 bridgehead atoms. The second-order valence-corrected chi connectivity index (χ2v) is 14.7. The average molecular weight is 331 g/mol. The van der Waals surface area contributed by atoms with Crippen molar-refractivity contribution in [3.63, 3.8) is 0 Å². The van der Waals surface area contributed by atoms with E-state index in [2.05, 4.69) is 48.5 Å². The summed E-state index contributed by atoms with van der Waals surface area (Å²) in [6.45, 7) is 17.3. The van der Waals surface area contributed by atoms with Gasteiger partial charge in [0.05, 0.1) is 0 Å². The molecule has 0 aromatic rings. The van der Waals surface area contributed by atoms with Gasteiger partial charge in [0.25, 0.3) is 0 Å². The first-order valence-electron chi connectivity index (χ1n) is 10.4. The Hall–Kier alpha value is 0.430. The van der Waals surface area contributed by atoms with Crippen LogP contribution in [0.15, 0.2) is 0 Å². The number of hydrogen-bond donors (Lipinski definition) is 0. The Balaban J connectivity index is 3.87. The van der Waals surface area contributed by atoms with E-state index in [1.807, 2.05) is 0 Å². The fourth-order valence-electron chi connectivity index (χ4n) is 4.78. The van der Waals surface area contributed by atoms with Crippen LogP contribution in [0.2, 0.25) is 0 Å². The summed E-state index contributed by atoms with van der Waals surface area (Å²) < 4.78 is 0. The minimum absolute atomic E-state index is 0.936. The van der Waals surface area contributed by atoms with E-state index in [-0.39, 0.29) is 0 Å². The van der Waals surface area contributed by atoms with Crippen molar-refractivity contribution in [2.24, 2.45) is 0 Å². The van der Waals surface area contributed by atoms with Gasteiger partial charge in [-0.15, -0.1) is 0 Å². The summed E-state index contributed by atoms with van der Waals surface area (Å²) in [5.74, 6) is 0. The van der Waals surface area contributed by atoms with Crippen LogP contribution >= 0.6 is 7.26 Å². The number of unbranched alkanes of at least 4 members (excludes halogenated alkanes) is 9. The zero-order chi connectivity index (χ0) is 17.0. The molecule has 22 heavy (non-hydrogen) atoms. The van der Waals surface area contributed by atoms with Crippen molar-refractivity contribution in [3.8, 4) is 0 Å². The van der Waals surface area contributed by atoms with Gasteiger partial charge in [-0.3, -0.25) is 0 Å². The fourth-order valence-corrected chi connectivity index (χ4v) is 11.4. The molecule has 0 aromatic carbocycles. The maximum atomic E-state index is 2.50. The molecule has 136 valence electrons. The zero-order valence-corrected chi connectivity index (χ0v) is 18.0. The van der Waals surface area contributed by atoms with Crippen molar-refractivity contribution in [1.29, 1.82) is 0 Å². The SMILES string of the molecule is CCCCCCCCCCCC[PH](C(C)C)(C(C)C)C(C)C. The van der Waals surface area contributed by atoms with Gasteiger partial charge in [0.1, 0.15) is 0 Å². The van der Waals surface area contributed by atoms with Crippen LogP contribution in [0.5, 0.6) is 0 Å². The first kappa shape index (κ1) is 22.4. The Kier molecular flexibility index (Phi) is 13.1. The predicted molar refractivity (Wildman–Crippen MR) is 110 cm³/mol. The summed E-state index contributed by atoms with van der Waals surface area (Å²) in [5.41, 5.74) is 2.81. The zero-order valence-electron chi connectivity index (χ0n) is 17.0. The van der Waals surface area contributed by atoms with Gasteiger partial charge in [-0.05, 0) is 0 Å². The summed E-state index contributed by atoms with van der Waals surface area (Å²) in [7, 11) is -1.12. The topological polar surface area (TPSA) is 0 Å². The summed E-state index contributed by atoms with van der Waals surface area (Å²) in [4.78, 5) is 0. The molecule has 0 N–H and O–H groups in total. The van der Waals surface area contributed by atoms with Crippen LogP contribution in [0.3, 0.4) is 0 Å². The molecular weight excluding hydrogens is 283 g/mol. The molecule has 0 nitrogen and oxygen atoms in total. The summed E-state index contributed by atoms with van der Waals surface area (Å²) in [6, 6.07) is 0. The van der Waals surface area contributed by atoms with E-state index >= 15 is 0 Å². The molecule has 0 aliphatic carbocycles. The molecule has 0 aromatic heterocycles. The van der Waals surface area contributed by atoms with E-state index in [9.17, 15) is 0 Å². The fraction of sp³-hybridized carbons (Fsp3) is 1.00. The van der Waals surface area contributed by atoms with E-state index in [0.717, 1.165) is 17.0 Å². The van der Waals surface area contributed by atoms with Crippen LogP contribution in [0, 0.1) is 0 Å². The maximum absolute atomic E-state index is 2.50. The van der Waals surface area contributed by atoms with E-state index < -0.39 is 7.26 Å². The van der Waals surface area contributed by atoms with E-state index in [0.29, 0.717) is 0 Å². The van der Waals surface area contributed by atoms with Crippen molar-refractivity contribution in [3.05, 3.63) is 0 Å². The molecule has 0 heterocycles. The summed E-state index contributed by atoms with van der Waals surface area (Å²) in [6.07, 6.45) is 16.2. The van der Waals surface area contributed by atoms with Crippen LogP contribution in [0.4, 0.5) is 0 Å². The predicted octanol–water partition coefficient (Wildman–Crippen LogP) is 7.88. The third kappa shape index (κ3) is 7.81. The van der Waals surface area contributed by atoms with Crippen molar-refractivity contribution in [1.82, 2.24) is 0 Å². The average Bonchev–Trinajstić information content (AvgIpc) is 2.43. The van der Waals surface area contributed by atoms with Gasteiger partial charge in [0.15, 0.2) is 0 Å². The molecule has 0 unspecified atom stereocenters. The molecule has 0 rings (SSSR count). The standard InChI is InChI=1S/C21H47P/c1-8-9-10-11-12-13-14-15-16-17-18-22(19(2)3,20(4)5)21(6)7/h19-22H,8-18H2,1-7H3. The van der Waals surface area contributed by atoms with Gasteiger partial charge in [0.2, 0.25) is 0 Å². The molecule has 0 aliphatic heterocycles. The first-order chi connectivity index (χ1) is 10.4. The third-order valence-electron chi connectivity index (χ3n) is 6.19. The molecular formula is C21H47P.